The van der Waals surface area contributed by atoms with Gasteiger partial charge in [-0.3, -0.25) is 18.1 Å². The van der Waals surface area contributed by atoms with Gasteiger partial charge in [-0.25, -0.2) is 0 Å². The van der Waals surface area contributed by atoms with E-state index in [0.29, 0.717) is 0 Å². The summed E-state index contributed by atoms with van der Waals surface area (Å²) in [7, 11) is -3.67. The van der Waals surface area contributed by atoms with Crippen molar-refractivity contribution in [1.29, 1.82) is 0 Å². The van der Waals surface area contributed by atoms with Crippen molar-refractivity contribution in [3.05, 3.63) is 0 Å². The van der Waals surface area contributed by atoms with Crippen molar-refractivity contribution in [1.82, 2.24) is 0 Å². The minimum atomic E-state index is -3.67. The van der Waals surface area contributed by atoms with Crippen LogP contribution in [0.5, 0.6) is 0 Å². The predicted molar refractivity (Wildman–Crippen MR) is 22.3 cm³/mol. The Hall–Kier alpha value is 0.165. The normalized spacial score (nSPS) is 5.50. The van der Waals surface area contributed by atoms with Crippen LogP contribution in [0.2, 0.25) is 0 Å². The van der Waals surface area contributed by atoms with Crippen LogP contribution in [-0.2, 0) is 0 Å². The molecule has 0 saturated carbocycles. The summed E-state index contributed by atoms with van der Waals surface area (Å²) in [4.78, 5) is 0. The first kappa shape index (κ1) is 9.48. The fraction of sp³-hybridized carbons (Fsp3) is 0. The summed E-state index contributed by atoms with van der Waals surface area (Å²) in [6, 6.07) is 0. The summed E-state index contributed by atoms with van der Waals surface area (Å²) in [5, 5.41) is 4.19. The lowest BCUT2D eigenvalue weighted by atomic mass is 10.5. The third-order valence-corrected chi connectivity index (χ3v) is 0. The van der Waals surface area contributed by atoms with Gasteiger partial charge in [0.15, 0.2) is 0 Å². The van der Waals surface area contributed by atoms with E-state index in [9.17, 15) is 12.9 Å². The van der Waals surface area contributed by atoms with Crippen LogP contribution in [0, 0.1) is 0 Å². The largest absolute Gasteiger partial charge is 0.762 e. The Morgan fingerprint density at radius 3 is 1.17 bits per heavy atom. The van der Waals surface area contributed by atoms with Crippen molar-refractivity contribution < 1.29 is 12.9 Å². The van der Waals surface area contributed by atoms with Gasteiger partial charge in [-0.2, -0.15) is 0 Å². The van der Waals surface area contributed by atoms with E-state index >= 15 is 0 Å². The number of thiol groups is 1. The molecule has 0 aliphatic heterocycles. The highest BCUT2D eigenvalue weighted by Crippen LogP contribution is 1.80. The zero-order chi connectivity index (χ0) is 5.58. The minimum absolute atomic E-state index is 3.03. The van der Waals surface area contributed by atoms with Crippen LogP contribution in [0.3, 0.4) is 0 Å². The molecule has 0 aromatic heterocycles. The average Bonchev–Trinajstić information content (AvgIpc) is 1.41. The number of hydrogen-bond donors (Lipinski definition) is 2. The van der Waals surface area contributed by atoms with E-state index in [2.05, 4.69) is 18.0 Å². The molecule has 0 aliphatic rings. The second-order valence-electron chi connectivity index (χ2n) is 0.247. The van der Waals surface area contributed by atoms with Crippen molar-refractivity contribution in [3.8, 4) is 0 Å². The number of hydrogen-bond acceptors (Lipinski definition) is 2. The highest BCUT2D eigenvalue weighted by Gasteiger charge is 2.06. The molecule has 38 valence electrons. The van der Waals surface area contributed by atoms with Gasteiger partial charge >= 0.3 is 7.54 Å². The van der Waals surface area contributed by atoms with Crippen LogP contribution >= 0.6 is 12.8 Å². The van der Waals surface area contributed by atoms with E-state index in [1.165, 1.54) is 0 Å². The Labute approximate surface area is 39.5 Å². The first-order chi connectivity index (χ1) is 2.73. The fourth-order valence-electron chi connectivity index (χ4n) is 0. The van der Waals surface area contributed by atoms with Crippen molar-refractivity contribution in [3.63, 3.8) is 0 Å². The first-order valence-corrected chi connectivity index (χ1v) is 1.43. The van der Waals surface area contributed by atoms with Crippen LogP contribution in [0.4, 0.5) is 12.9 Å². The first-order valence-electron chi connectivity index (χ1n) is 0.913. The van der Waals surface area contributed by atoms with Crippen molar-refractivity contribution >= 4 is 20.4 Å². The van der Waals surface area contributed by atoms with Crippen LogP contribution in [-0.4, -0.2) is 7.54 Å². The summed E-state index contributed by atoms with van der Waals surface area (Å²) in [5.74, 6) is 0. The van der Waals surface area contributed by atoms with E-state index in [-0.39, 0.29) is 0 Å². The summed E-state index contributed by atoms with van der Waals surface area (Å²) >= 11 is 3.03. The van der Waals surface area contributed by atoms with Crippen LogP contribution in [0.1, 0.15) is 0 Å². The van der Waals surface area contributed by atoms with Crippen LogP contribution in [0.25, 0.3) is 0 Å². The predicted octanol–water partition coefficient (Wildman–Crippen LogP) is 0.670. The summed E-state index contributed by atoms with van der Waals surface area (Å²) in [6.07, 6.45) is 0. The molecule has 0 aromatic rings. The van der Waals surface area contributed by atoms with Gasteiger partial charge in [0.1, 0.15) is 0 Å². The monoisotopic (exact) mass is 117 g/mol. The molecule has 0 aliphatic carbocycles. The minimum Gasteiger partial charge on any atom is -0.281 e. The molecule has 0 aromatic carbocycles. The third-order valence-electron chi connectivity index (χ3n) is 0. The molecular formula is H3BF3NS. The molecule has 0 heterocycles. The number of rotatable bonds is 0. The standard InChI is InChI=1S/BF3.H3NS/c2-1(3)4;1-2/h;2H,1H2. The lowest BCUT2D eigenvalue weighted by Gasteiger charge is -1.55. The number of nitrogens with two attached hydrogens (primary N) is 1. The van der Waals surface area contributed by atoms with E-state index in [1.54, 1.807) is 0 Å². The van der Waals surface area contributed by atoms with Gasteiger partial charge in [0.2, 0.25) is 0 Å². The third kappa shape index (κ3) is 1530. The topological polar surface area (TPSA) is 26.0 Å². The quantitative estimate of drug-likeness (QED) is 0.354. The molecule has 1 nitrogen and oxygen atoms in total. The maximum absolute atomic E-state index is 9.67. The highest BCUT2D eigenvalue weighted by molar-refractivity contribution is 7.77. The molecule has 0 unspecified atom stereocenters. The van der Waals surface area contributed by atoms with E-state index < -0.39 is 7.54 Å². The summed E-state index contributed by atoms with van der Waals surface area (Å²) in [6.45, 7) is 0. The lowest BCUT2D eigenvalue weighted by Crippen LogP contribution is -1.76. The SMILES string of the molecule is FB(F)F.NS. The molecule has 6 heteroatoms. The van der Waals surface area contributed by atoms with Gasteiger partial charge in [0, 0.05) is 0 Å². The molecule has 0 amide bonds. The molecule has 0 fully saturated rings. The van der Waals surface area contributed by atoms with Gasteiger partial charge in [-0.1, -0.05) is 0 Å². The smallest absolute Gasteiger partial charge is 0.281 e. The van der Waals surface area contributed by atoms with E-state index in [4.69, 9.17) is 0 Å². The van der Waals surface area contributed by atoms with Crippen molar-refractivity contribution in [2.75, 3.05) is 0 Å². The van der Waals surface area contributed by atoms with Crippen molar-refractivity contribution in [2.45, 2.75) is 0 Å². The Morgan fingerprint density at radius 2 is 1.17 bits per heavy atom. The maximum atomic E-state index is 9.67. The van der Waals surface area contributed by atoms with Gasteiger partial charge in [-0.05, 0) is 0 Å². The van der Waals surface area contributed by atoms with E-state index in [0.717, 1.165) is 0 Å². The molecular weight excluding hydrogens is 114 g/mol. The Kier molecular flexibility index (Phi) is 14.1. The second kappa shape index (κ2) is 8.94. The molecule has 0 bridgehead atoms. The van der Waals surface area contributed by atoms with E-state index in [1.807, 2.05) is 0 Å². The zero-order valence-corrected chi connectivity index (χ0v) is 3.63. The maximum Gasteiger partial charge on any atom is 0.762 e. The van der Waals surface area contributed by atoms with Crippen molar-refractivity contribution in [2.24, 2.45) is 5.14 Å². The second-order valence-corrected chi connectivity index (χ2v) is 0.247. The zero-order valence-electron chi connectivity index (χ0n) is 2.74. The molecule has 0 spiro atoms. The van der Waals surface area contributed by atoms with Crippen LogP contribution in [0.15, 0.2) is 0 Å². The molecule has 2 N–H and O–H groups in total. The van der Waals surface area contributed by atoms with Crippen LogP contribution < -0.4 is 5.14 Å². The van der Waals surface area contributed by atoms with Gasteiger partial charge < -0.3 is 0 Å². The molecule has 0 radical (unpaired) electrons. The molecule has 6 heavy (non-hydrogen) atoms. The lowest BCUT2D eigenvalue weighted by molar-refractivity contribution is 0.535. The molecule has 0 rings (SSSR count). The average molecular weight is 117 g/mol. The van der Waals surface area contributed by atoms with Gasteiger partial charge in [0.25, 0.3) is 0 Å². The highest BCUT2D eigenvalue weighted by atomic mass is 32.1. The Bertz CT molecular complexity index is 15.5. The fourth-order valence-corrected chi connectivity index (χ4v) is 0. The Morgan fingerprint density at radius 1 is 1.17 bits per heavy atom. The van der Waals surface area contributed by atoms with Gasteiger partial charge in [0.05, 0.1) is 0 Å². The number of halogens is 3. The summed E-state index contributed by atoms with van der Waals surface area (Å²) in [5.41, 5.74) is 0. The Balaban J connectivity index is 0. The molecule has 0 saturated heterocycles. The summed E-state index contributed by atoms with van der Waals surface area (Å²) < 4.78 is 29.0. The van der Waals surface area contributed by atoms with Gasteiger partial charge in [-0.15, -0.1) is 12.8 Å². The molecule has 0 atom stereocenters.